The van der Waals surface area contributed by atoms with Crippen molar-refractivity contribution in [1.29, 1.82) is 0 Å². The van der Waals surface area contributed by atoms with Gasteiger partial charge in [-0.2, -0.15) is 0 Å². The summed E-state index contributed by atoms with van der Waals surface area (Å²) >= 11 is 0. The summed E-state index contributed by atoms with van der Waals surface area (Å²) in [7, 11) is 3.55. The molecule has 0 bridgehead atoms. The molecule has 0 aliphatic carbocycles. The minimum atomic E-state index is -0.398. The second-order valence-corrected chi connectivity index (χ2v) is 7.60. The number of pyridine rings is 1. The Morgan fingerprint density at radius 3 is 2.62 bits per heavy atom. The summed E-state index contributed by atoms with van der Waals surface area (Å²) in [5.74, 6) is -0.274. The fraction of sp³-hybridized carbons (Fsp3) is 0.632. The normalized spacial score (nSPS) is 23.4. The first-order valence-corrected chi connectivity index (χ1v) is 9.23. The number of halogens is 1. The number of hydrogen-bond donors (Lipinski definition) is 0. The maximum absolute atomic E-state index is 13.0. The van der Waals surface area contributed by atoms with Crippen LogP contribution in [0.3, 0.4) is 0 Å². The Balaban J connectivity index is 1.66. The first-order chi connectivity index (χ1) is 12.4. The van der Waals surface area contributed by atoms with E-state index in [-0.39, 0.29) is 23.8 Å². The highest BCUT2D eigenvalue weighted by Crippen LogP contribution is 2.37. The summed E-state index contributed by atoms with van der Waals surface area (Å²) in [6.45, 7) is 2.71. The third kappa shape index (κ3) is 4.03. The molecule has 0 unspecified atom stereocenters. The SMILES string of the molecule is CN(C)C(=O)CN1CCC[C@@]12CCCN(C(=O)Cc1ccc(F)cn1)C2. The maximum atomic E-state index is 13.0. The number of likely N-dealkylation sites (N-methyl/N-ethyl adjacent to an activating group) is 1. The highest BCUT2D eigenvalue weighted by molar-refractivity contribution is 5.79. The van der Waals surface area contributed by atoms with Crippen molar-refractivity contribution in [3.8, 4) is 0 Å². The van der Waals surface area contributed by atoms with Crippen LogP contribution in [0.4, 0.5) is 4.39 Å². The van der Waals surface area contributed by atoms with Crippen LogP contribution in [0.5, 0.6) is 0 Å². The van der Waals surface area contributed by atoms with Crippen molar-refractivity contribution in [3.05, 3.63) is 29.8 Å². The zero-order valence-electron chi connectivity index (χ0n) is 15.6. The molecule has 2 amide bonds. The van der Waals surface area contributed by atoms with Gasteiger partial charge in [0.15, 0.2) is 0 Å². The molecule has 0 N–H and O–H groups in total. The highest BCUT2D eigenvalue weighted by Gasteiger charge is 2.45. The van der Waals surface area contributed by atoms with E-state index < -0.39 is 5.82 Å². The Morgan fingerprint density at radius 2 is 1.96 bits per heavy atom. The van der Waals surface area contributed by atoms with Crippen LogP contribution in [0.2, 0.25) is 0 Å². The van der Waals surface area contributed by atoms with Gasteiger partial charge in [0.1, 0.15) is 5.82 Å². The smallest absolute Gasteiger partial charge is 0.236 e. The van der Waals surface area contributed by atoms with Gasteiger partial charge in [0.2, 0.25) is 11.8 Å². The molecule has 0 aromatic carbocycles. The molecule has 1 spiro atoms. The zero-order valence-corrected chi connectivity index (χ0v) is 15.6. The molecule has 26 heavy (non-hydrogen) atoms. The van der Waals surface area contributed by atoms with Gasteiger partial charge in [-0.05, 0) is 44.4 Å². The molecule has 7 heteroatoms. The minimum absolute atomic E-state index is 0.0222. The van der Waals surface area contributed by atoms with Gasteiger partial charge in [0.05, 0.1) is 19.2 Å². The van der Waals surface area contributed by atoms with E-state index in [2.05, 4.69) is 9.88 Å². The van der Waals surface area contributed by atoms with E-state index in [9.17, 15) is 14.0 Å². The van der Waals surface area contributed by atoms with Crippen LogP contribution >= 0.6 is 0 Å². The molecule has 2 aliphatic heterocycles. The summed E-state index contributed by atoms with van der Waals surface area (Å²) in [4.78, 5) is 34.7. The molecule has 2 aliphatic rings. The molecule has 142 valence electrons. The summed E-state index contributed by atoms with van der Waals surface area (Å²) in [6.07, 6.45) is 5.37. The third-order valence-corrected chi connectivity index (χ3v) is 5.59. The van der Waals surface area contributed by atoms with E-state index in [1.807, 2.05) is 4.90 Å². The van der Waals surface area contributed by atoms with Gasteiger partial charge in [0.25, 0.3) is 0 Å². The largest absolute Gasteiger partial charge is 0.348 e. The van der Waals surface area contributed by atoms with E-state index in [4.69, 9.17) is 0 Å². The summed E-state index contributed by atoms with van der Waals surface area (Å²) in [6, 6.07) is 2.89. The van der Waals surface area contributed by atoms with Crippen molar-refractivity contribution in [1.82, 2.24) is 19.7 Å². The molecule has 0 radical (unpaired) electrons. The molecule has 3 heterocycles. The topological polar surface area (TPSA) is 56.8 Å². The molecule has 2 fully saturated rings. The second-order valence-electron chi connectivity index (χ2n) is 7.60. The van der Waals surface area contributed by atoms with E-state index >= 15 is 0 Å². The lowest BCUT2D eigenvalue weighted by Crippen LogP contribution is -2.58. The average Bonchev–Trinajstić information content (AvgIpc) is 2.98. The van der Waals surface area contributed by atoms with Gasteiger partial charge in [-0.25, -0.2) is 4.39 Å². The van der Waals surface area contributed by atoms with Crippen molar-refractivity contribution in [2.24, 2.45) is 0 Å². The zero-order chi connectivity index (χ0) is 18.7. The fourth-order valence-electron chi connectivity index (χ4n) is 4.11. The molecule has 3 rings (SSSR count). The van der Waals surface area contributed by atoms with Crippen LogP contribution in [0, 0.1) is 5.82 Å². The van der Waals surface area contributed by atoms with Crippen LogP contribution in [0.15, 0.2) is 18.3 Å². The lowest BCUT2D eigenvalue weighted by molar-refractivity contribution is -0.136. The lowest BCUT2D eigenvalue weighted by atomic mass is 9.86. The summed E-state index contributed by atoms with van der Waals surface area (Å²) in [5.41, 5.74) is 0.498. The Labute approximate surface area is 154 Å². The number of carbonyl (C=O) groups is 2. The summed E-state index contributed by atoms with van der Waals surface area (Å²) in [5, 5.41) is 0. The summed E-state index contributed by atoms with van der Waals surface area (Å²) < 4.78 is 13.0. The number of hydrogen-bond acceptors (Lipinski definition) is 4. The standard InChI is InChI=1S/C19H27FN4O2/c1-22(2)18(26)13-24-10-4-8-19(24)7-3-9-23(14-19)17(25)11-16-6-5-15(20)12-21-16/h5-6,12H,3-4,7-11,13-14H2,1-2H3/t19-/m1/s1. The van der Waals surface area contributed by atoms with Crippen molar-refractivity contribution in [3.63, 3.8) is 0 Å². The number of rotatable bonds is 4. The number of nitrogens with zero attached hydrogens (tertiary/aromatic N) is 4. The Kier molecular flexibility index (Phi) is 5.55. The highest BCUT2D eigenvalue weighted by atomic mass is 19.1. The lowest BCUT2D eigenvalue weighted by Gasteiger charge is -2.46. The van der Waals surface area contributed by atoms with Crippen LogP contribution in [-0.4, -0.2) is 77.3 Å². The molecule has 0 saturated carbocycles. The van der Waals surface area contributed by atoms with E-state index in [0.29, 0.717) is 18.8 Å². The van der Waals surface area contributed by atoms with E-state index in [1.165, 1.54) is 6.07 Å². The maximum Gasteiger partial charge on any atom is 0.236 e. The van der Waals surface area contributed by atoms with Crippen LogP contribution in [-0.2, 0) is 16.0 Å². The average molecular weight is 362 g/mol. The number of amides is 2. The van der Waals surface area contributed by atoms with Crippen LogP contribution in [0.25, 0.3) is 0 Å². The molecule has 2 saturated heterocycles. The predicted octanol–water partition coefficient (Wildman–Crippen LogP) is 1.31. The van der Waals surface area contributed by atoms with Crippen molar-refractivity contribution < 1.29 is 14.0 Å². The van der Waals surface area contributed by atoms with Crippen LogP contribution in [0.1, 0.15) is 31.4 Å². The Bertz CT molecular complexity index is 664. The molecule has 1 aromatic heterocycles. The number of piperidine rings is 1. The first-order valence-electron chi connectivity index (χ1n) is 9.23. The molecular weight excluding hydrogens is 335 g/mol. The molecular formula is C19H27FN4O2. The van der Waals surface area contributed by atoms with Gasteiger partial charge in [-0.15, -0.1) is 0 Å². The van der Waals surface area contributed by atoms with Gasteiger partial charge >= 0.3 is 0 Å². The van der Waals surface area contributed by atoms with Gasteiger partial charge < -0.3 is 9.80 Å². The molecule has 1 aromatic rings. The first kappa shape index (κ1) is 18.8. The van der Waals surface area contributed by atoms with Crippen molar-refractivity contribution in [2.45, 2.75) is 37.6 Å². The minimum Gasteiger partial charge on any atom is -0.348 e. The Hall–Kier alpha value is -2.02. The van der Waals surface area contributed by atoms with Crippen molar-refractivity contribution >= 4 is 11.8 Å². The Morgan fingerprint density at radius 1 is 1.23 bits per heavy atom. The van der Waals surface area contributed by atoms with Gasteiger partial charge in [0, 0.05) is 38.4 Å². The van der Waals surface area contributed by atoms with Gasteiger partial charge in [-0.1, -0.05) is 0 Å². The monoisotopic (exact) mass is 362 g/mol. The van der Waals surface area contributed by atoms with E-state index in [1.54, 1.807) is 25.1 Å². The molecule has 6 nitrogen and oxygen atoms in total. The number of carbonyl (C=O) groups excluding carboxylic acids is 2. The van der Waals surface area contributed by atoms with E-state index in [0.717, 1.165) is 45.0 Å². The fourth-order valence-corrected chi connectivity index (χ4v) is 4.11. The predicted molar refractivity (Wildman–Crippen MR) is 95.9 cm³/mol. The number of aromatic nitrogens is 1. The molecule has 1 atom stereocenters. The second kappa shape index (κ2) is 7.70. The van der Waals surface area contributed by atoms with Crippen molar-refractivity contribution in [2.75, 3.05) is 40.3 Å². The number of likely N-dealkylation sites (tertiary alicyclic amines) is 2. The van der Waals surface area contributed by atoms with Gasteiger partial charge in [-0.3, -0.25) is 19.5 Å². The van der Waals surface area contributed by atoms with Crippen LogP contribution < -0.4 is 0 Å². The third-order valence-electron chi connectivity index (χ3n) is 5.59. The quantitative estimate of drug-likeness (QED) is 0.810.